The number of nitrogens with zero attached hydrogens (tertiary/aromatic N) is 3. The molecule has 2 rings (SSSR count). The van der Waals surface area contributed by atoms with Gasteiger partial charge in [-0.05, 0) is 26.1 Å². The Morgan fingerprint density at radius 2 is 2.18 bits per heavy atom. The first-order chi connectivity index (χ1) is 8.18. The molecule has 1 amide bonds. The minimum Gasteiger partial charge on any atom is -0.369 e. The van der Waals surface area contributed by atoms with E-state index in [9.17, 15) is 4.79 Å². The van der Waals surface area contributed by atoms with Gasteiger partial charge in [0.1, 0.15) is 0 Å². The van der Waals surface area contributed by atoms with Crippen molar-refractivity contribution in [2.45, 2.75) is 6.42 Å². The Morgan fingerprint density at radius 3 is 2.94 bits per heavy atom. The number of pyridine rings is 1. The number of carbonyl (C=O) groups is 1. The van der Waals surface area contributed by atoms with Crippen molar-refractivity contribution < 1.29 is 4.79 Å². The monoisotopic (exact) mass is 234 g/mol. The van der Waals surface area contributed by atoms with Crippen LogP contribution < -0.4 is 10.6 Å². The molecule has 2 heterocycles. The molecule has 0 aliphatic carbocycles. The SMILES string of the molecule is CN1CCCN(c2ccncc2C(N)=O)CC1. The highest BCUT2D eigenvalue weighted by Gasteiger charge is 2.17. The zero-order valence-corrected chi connectivity index (χ0v) is 10.1. The second-order valence-corrected chi connectivity index (χ2v) is 4.40. The molecule has 0 bridgehead atoms. The summed E-state index contributed by atoms with van der Waals surface area (Å²) in [6.07, 6.45) is 4.35. The second-order valence-electron chi connectivity index (χ2n) is 4.40. The summed E-state index contributed by atoms with van der Waals surface area (Å²) in [5.41, 5.74) is 6.79. The Balaban J connectivity index is 2.24. The zero-order valence-electron chi connectivity index (χ0n) is 10.1. The van der Waals surface area contributed by atoms with Crippen molar-refractivity contribution >= 4 is 11.6 Å². The van der Waals surface area contributed by atoms with Gasteiger partial charge < -0.3 is 15.5 Å². The van der Waals surface area contributed by atoms with Crippen molar-refractivity contribution in [3.05, 3.63) is 24.0 Å². The van der Waals surface area contributed by atoms with Crippen LogP contribution in [0.4, 0.5) is 5.69 Å². The van der Waals surface area contributed by atoms with Crippen LogP contribution in [-0.4, -0.2) is 49.0 Å². The number of hydrogen-bond acceptors (Lipinski definition) is 4. The van der Waals surface area contributed by atoms with Crippen LogP contribution in [0.3, 0.4) is 0 Å². The molecule has 92 valence electrons. The lowest BCUT2D eigenvalue weighted by Crippen LogP contribution is -2.30. The molecule has 1 fully saturated rings. The Kier molecular flexibility index (Phi) is 3.58. The molecular formula is C12H18N4O. The van der Waals surface area contributed by atoms with Crippen LogP contribution in [0.2, 0.25) is 0 Å². The van der Waals surface area contributed by atoms with Crippen molar-refractivity contribution in [1.82, 2.24) is 9.88 Å². The Morgan fingerprint density at radius 1 is 1.35 bits per heavy atom. The van der Waals surface area contributed by atoms with Gasteiger partial charge in [-0.25, -0.2) is 0 Å². The minimum atomic E-state index is -0.411. The number of primary amides is 1. The van der Waals surface area contributed by atoms with Gasteiger partial charge in [0.2, 0.25) is 0 Å². The predicted molar refractivity (Wildman–Crippen MR) is 67.1 cm³/mol. The fraction of sp³-hybridized carbons (Fsp3) is 0.500. The predicted octanol–water partition coefficient (Wildman–Crippen LogP) is 0.322. The maximum atomic E-state index is 11.4. The molecule has 5 nitrogen and oxygen atoms in total. The highest BCUT2D eigenvalue weighted by molar-refractivity contribution is 5.98. The lowest BCUT2D eigenvalue weighted by molar-refractivity contribution is 0.100. The summed E-state index contributed by atoms with van der Waals surface area (Å²) in [6.45, 7) is 3.96. The Labute approximate surface area is 101 Å². The molecule has 1 aromatic rings. The molecule has 0 radical (unpaired) electrons. The molecule has 17 heavy (non-hydrogen) atoms. The van der Waals surface area contributed by atoms with E-state index < -0.39 is 5.91 Å². The molecule has 0 saturated carbocycles. The van der Waals surface area contributed by atoms with Gasteiger partial charge in [0.05, 0.1) is 11.3 Å². The van der Waals surface area contributed by atoms with Gasteiger partial charge in [-0.2, -0.15) is 0 Å². The van der Waals surface area contributed by atoms with Crippen molar-refractivity contribution in [3.63, 3.8) is 0 Å². The van der Waals surface area contributed by atoms with E-state index in [0.29, 0.717) is 5.56 Å². The first-order valence-corrected chi connectivity index (χ1v) is 5.86. The number of amides is 1. The van der Waals surface area contributed by atoms with Gasteiger partial charge in [0.25, 0.3) is 5.91 Å². The molecule has 0 aromatic carbocycles. The summed E-state index contributed by atoms with van der Waals surface area (Å²) in [4.78, 5) is 19.8. The van der Waals surface area contributed by atoms with Crippen LogP contribution in [0.25, 0.3) is 0 Å². The maximum Gasteiger partial charge on any atom is 0.252 e. The third-order valence-corrected chi connectivity index (χ3v) is 3.12. The summed E-state index contributed by atoms with van der Waals surface area (Å²) in [6, 6.07) is 1.87. The van der Waals surface area contributed by atoms with Crippen molar-refractivity contribution in [1.29, 1.82) is 0 Å². The van der Waals surface area contributed by atoms with E-state index in [1.54, 1.807) is 12.4 Å². The number of aromatic nitrogens is 1. The fourth-order valence-corrected chi connectivity index (χ4v) is 2.14. The number of rotatable bonds is 2. The lowest BCUT2D eigenvalue weighted by Gasteiger charge is -2.24. The largest absolute Gasteiger partial charge is 0.369 e. The maximum absolute atomic E-state index is 11.4. The number of carbonyl (C=O) groups excluding carboxylic acids is 1. The van der Waals surface area contributed by atoms with Crippen LogP contribution in [0, 0.1) is 0 Å². The van der Waals surface area contributed by atoms with Crippen molar-refractivity contribution in [3.8, 4) is 0 Å². The van der Waals surface area contributed by atoms with E-state index in [1.807, 2.05) is 6.07 Å². The number of likely N-dealkylation sites (N-methyl/N-ethyl adjacent to an activating group) is 1. The quantitative estimate of drug-likeness (QED) is 0.800. The van der Waals surface area contributed by atoms with Crippen LogP contribution in [0.1, 0.15) is 16.8 Å². The summed E-state index contributed by atoms with van der Waals surface area (Å²) in [7, 11) is 2.12. The van der Waals surface area contributed by atoms with Crippen LogP contribution in [0.5, 0.6) is 0 Å². The second kappa shape index (κ2) is 5.14. The van der Waals surface area contributed by atoms with Crippen molar-refractivity contribution in [2.75, 3.05) is 38.1 Å². The molecule has 0 spiro atoms. The molecule has 0 atom stereocenters. The summed E-state index contributed by atoms with van der Waals surface area (Å²) >= 11 is 0. The number of hydrogen-bond donors (Lipinski definition) is 1. The standard InChI is InChI=1S/C12H18N4O/c1-15-5-2-6-16(8-7-15)11-3-4-14-9-10(11)12(13)17/h3-4,9H,2,5-8H2,1H3,(H2,13,17). The number of anilines is 1. The highest BCUT2D eigenvalue weighted by atomic mass is 16.1. The van der Waals surface area contributed by atoms with Gasteiger partial charge in [-0.1, -0.05) is 0 Å². The molecule has 1 aliphatic heterocycles. The van der Waals surface area contributed by atoms with Crippen LogP contribution in [0.15, 0.2) is 18.5 Å². The molecule has 1 saturated heterocycles. The Hall–Kier alpha value is -1.62. The van der Waals surface area contributed by atoms with Gasteiger partial charge in [-0.3, -0.25) is 9.78 Å². The van der Waals surface area contributed by atoms with E-state index in [2.05, 4.69) is 21.8 Å². The third kappa shape index (κ3) is 2.74. The van der Waals surface area contributed by atoms with Gasteiger partial charge in [0.15, 0.2) is 0 Å². The molecule has 1 aromatic heterocycles. The average molecular weight is 234 g/mol. The number of nitrogens with two attached hydrogens (primary N) is 1. The van der Waals surface area contributed by atoms with Crippen molar-refractivity contribution in [2.24, 2.45) is 5.73 Å². The lowest BCUT2D eigenvalue weighted by atomic mass is 10.2. The van der Waals surface area contributed by atoms with E-state index in [-0.39, 0.29) is 0 Å². The smallest absolute Gasteiger partial charge is 0.252 e. The molecule has 0 unspecified atom stereocenters. The average Bonchev–Trinajstić information content (AvgIpc) is 2.54. The molecule has 5 heteroatoms. The zero-order chi connectivity index (χ0) is 12.3. The summed E-state index contributed by atoms with van der Waals surface area (Å²) in [5, 5.41) is 0. The minimum absolute atomic E-state index is 0.411. The van der Waals surface area contributed by atoms with E-state index in [4.69, 9.17) is 5.73 Å². The summed E-state index contributed by atoms with van der Waals surface area (Å²) < 4.78 is 0. The normalized spacial score (nSPS) is 17.8. The highest BCUT2D eigenvalue weighted by Crippen LogP contribution is 2.20. The van der Waals surface area contributed by atoms with E-state index >= 15 is 0 Å². The first-order valence-electron chi connectivity index (χ1n) is 5.86. The van der Waals surface area contributed by atoms with E-state index in [1.165, 1.54) is 0 Å². The van der Waals surface area contributed by atoms with Crippen LogP contribution in [-0.2, 0) is 0 Å². The third-order valence-electron chi connectivity index (χ3n) is 3.12. The summed E-state index contributed by atoms with van der Waals surface area (Å²) in [5.74, 6) is -0.411. The fourth-order valence-electron chi connectivity index (χ4n) is 2.14. The van der Waals surface area contributed by atoms with Gasteiger partial charge >= 0.3 is 0 Å². The molecular weight excluding hydrogens is 216 g/mol. The topological polar surface area (TPSA) is 62.5 Å². The van der Waals surface area contributed by atoms with Gasteiger partial charge in [-0.15, -0.1) is 0 Å². The van der Waals surface area contributed by atoms with E-state index in [0.717, 1.165) is 38.3 Å². The molecule has 1 aliphatic rings. The first kappa shape index (κ1) is 11.9. The Bertz CT molecular complexity index is 407. The van der Waals surface area contributed by atoms with Gasteiger partial charge in [0, 0.05) is 32.0 Å². The van der Waals surface area contributed by atoms with Crippen LogP contribution >= 0.6 is 0 Å². The molecule has 2 N–H and O–H groups in total.